The summed E-state index contributed by atoms with van der Waals surface area (Å²) in [5, 5.41) is 9.40. The van der Waals surface area contributed by atoms with Gasteiger partial charge in [0.1, 0.15) is 0 Å². The molecule has 0 aromatic heterocycles. The number of rotatable bonds is 5. The fourth-order valence-corrected chi connectivity index (χ4v) is 3.50. The maximum atomic E-state index is 12.1. The summed E-state index contributed by atoms with van der Waals surface area (Å²) < 4.78 is 24.3. The van der Waals surface area contributed by atoms with E-state index in [-0.39, 0.29) is 11.9 Å². The van der Waals surface area contributed by atoms with Crippen LogP contribution in [-0.4, -0.2) is 49.9 Å². The molecule has 1 saturated heterocycles. The molecule has 1 aliphatic rings. The van der Waals surface area contributed by atoms with E-state index in [0.29, 0.717) is 24.5 Å². The lowest BCUT2D eigenvalue weighted by molar-refractivity contribution is 0.178. The van der Waals surface area contributed by atoms with Crippen LogP contribution in [0.1, 0.15) is 12.0 Å². The zero-order chi connectivity index (χ0) is 13.9. The SMILES string of the molecule is NCc1ccc(S(=O)(=O)CCN2CCC(O)C2)cc1. The van der Waals surface area contributed by atoms with Gasteiger partial charge >= 0.3 is 0 Å². The lowest BCUT2D eigenvalue weighted by Gasteiger charge is -2.14. The molecule has 1 heterocycles. The first-order valence-electron chi connectivity index (χ1n) is 6.43. The van der Waals surface area contributed by atoms with Crippen LogP contribution in [0.5, 0.6) is 0 Å². The average molecular weight is 284 g/mol. The summed E-state index contributed by atoms with van der Waals surface area (Å²) in [5.41, 5.74) is 6.40. The van der Waals surface area contributed by atoms with Crippen LogP contribution in [0.3, 0.4) is 0 Å². The number of hydrogen-bond donors (Lipinski definition) is 2. The highest BCUT2D eigenvalue weighted by Crippen LogP contribution is 2.14. The fraction of sp³-hybridized carbons (Fsp3) is 0.538. The zero-order valence-corrected chi connectivity index (χ0v) is 11.6. The molecule has 5 nitrogen and oxygen atoms in total. The minimum absolute atomic E-state index is 0.0850. The number of benzene rings is 1. The molecule has 0 spiro atoms. The largest absolute Gasteiger partial charge is 0.392 e. The van der Waals surface area contributed by atoms with Crippen LogP contribution in [0.2, 0.25) is 0 Å². The smallest absolute Gasteiger partial charge is 0.179 e. The average Bonchev–Trinajstić information content (AvgIpc) is 2.82. The quantitative estimate of drug-likeness (QED) is 0.794. The van der Waals surface area contributed by atoms with Gasteiger partial charge in [-0.2, -0.15) is 0 Å². The van der Waals surface area contributed by atoms with Gasteiger partial charge in [0.25, 0.3) is 0 Å². The van der Waals surface area contributed by atoms with E-state index in [2.05, 4.69) is 0 Å². The lowest BCUT2D eigenvalue weighted by Crippen LogP contribution is -2.28. The standard InChI is InChI=1S/C13H20N2O3S/c14-9-11-1-3-13(4-2-11)19(17,18)8-7-15-6-5-12(16)10-15/h1-4,12,16H,5-10,14H2. The second-order valence-electron chi connectivity index (χ2n) is 4.91. The molecule has 0 aliphatic carbocycles. The zero-order valence-electron chi connectivity index (χ0n) is 10.8. The Labute approximate surface area is 113 Å². The molecule has 1 fully saturated rings. The lowest BCUT2D eigenvalue weighted by atomic mass is 10.2. The highest BCUT2D eigenvalue weighted by molar-refractivity contribution is 7.91. The summed E-state index contributed by atoms with van der Waals surface area (Å²) in [6.45, 7) is 2.22. The minimum Gasteiger partial charge on any atom is -0.392 e. The molecule has 6 heteroatoms. The normalized spacial score (nSPS) is 20.8. The van der Waals surface area contributed by atoms with Gasteiger partial charge in [0.2, 0.25) is 0 Å². The topological polar surface area (TPSA) is 83.6 Å². The van der Waals surface area contributed by atoms with Crippen LogP contribution in [0.15, 0.2) is 29.2 Å². The van der Waals surface area contributed by atoms with E-state index < -0.39 is 9.84 Å². The molecule has 0 bridgehead atoms. The third-order valence-electron chi connectivity index (χ3n) is 3.44. The highest BCUT2D eigenvalue weighted by Gasteiger charge is 2.22. The molecule has 1 atom stereocenters. The van der Waals surface area contributed by atoms with E-state index in [0.717, 1.165) is 18.5 Å². The van der Waals surface area contributed by atoms with Crippen LogP contribution in [0.4, 0.5) is 0 Å². The maximum Gasteiger partial charge on any atom is 0.179 e. The Balaban J connectivity index is 1.97. The van der Waals surface area contributed by atoms with Gasteiger partial charge in [-0.15, -0.1) is 0 Å². The van der Waals surface area contributed by atoms with Crippen molar-refractivity contribution in [2.45, 2.75) is 24.0 Å². The van der Waals surface area contributed by atoms with Crippen molar-refractivity contribution >= 4 is 9.84 Å². The number of hydrogen-bond acceptors (Lipinski definition) is 5. The van der Waals surface area contributed by atoms with Gasteiger partial charge in [0.05, 0.1) is 16.8 Å². The first-order chi connectivity index (χ1) is 9.01. The Hall–Kier alpha value is -0.950. The summed E-state index contributed by atoms with van der Waals surface area (Å²) in [6.07, 6.45) is 0.414. The summed E-state index contributed by atoms with van der Waals surface area (Å²) in [6, 6.07) is 6.70. The van der Waals surface area contributed by atoms with Crippen molar-refractivity contribution in [3.8, 4) is 0 Å². The molecular weight excluding hydrogens is 264 g/mol. The minimum atomic E-state index is -3.25. The third-order valence-corrected chi connectivity index (χ3v) is 5.15. The van der Waals surface area contributed by atoms with Gasteiger partial charge in [0, 0.05) is 26.2 Å². The predicted molar refractivity (Wildman–Crippen MR) is 73.5 cm³/mol. The van der Waals surface area contributed by atoms with E-state index in [1.807, 2.05) is 4.90 Å². The van der Waals surface area contributed by atoms with Crippen LogP contribution in [-0.2, 0) is 16.4 Å². The third kappa shape index (κ3) is 3.76. The van der Waals surface area contributed by atoms with Gasteiger partial charge in [-0.1, -0.05) is 12.1 Å². The van der Waals surface area contributed by atoms with Crippen molar-refractivity contribution in [3.05, 3.63) is 29.8 Å². The van der Waals surface area contributed by atoms with Crippen molar-refractivity contribution in [1.29, 1.82) is 0 Å². The van der Waals surface area contributed by atoms with Crippen molar-refractivity contribution in [3.63, 3.8) is 0 Å². The molecule has 1 unspecified atom stereocenters. The molecule has 1 aromatic carbocycles. The van der Waals surface area contributed by atoms with Gasteiger partial charge in [0.15, 0.2) is 9.84 Å². The molecule has 0 radical (unpaired) electrons. The summed E-state index contributed by atoms with van der Waals surface area (Å²) in [5.74, 6) is 0.0850. The molecule has 1 aromatic rings. The molecule has 0 saturated carbocycles. The van der Waals surface area contributed by atoms with Gasteiger partial charge < -0.3 is 10.8 Å². The Morgan fingerprint density at radius 2 is 2.00 bits per heavy atom. The highest BCUT2D eigenvalue weighted by atomic mass is 32.2. The van der Waals surface area contributed by atoms with E-state index in [1.165, 1.54) is 0 Å². The van der Waals surface area contributed by atoms with E-state index in [1.54, 1.807) is 24.3 Å². The monoisotopic (exact) mass is 284 g/mol. The summed E-state index contributed by atoms with van der Waals surface area (Å²) in [4.78, 5) is 2.32. The number of aliphatic hydroxyl groups excluding tert-OH is 1. The molecule has 2 rings (SSSR count). The Morgan fingerprint density at radius 1 is 1.32 bits per heavy atom. The number of β-amino-alcohol motifs (C(OH)–C–C–N with tert-alkyl or cyclic N) is 1. The second-order valence-corrected chi connectivity index (χ2v) is 7.02. The maximum absolute atomic E-state index is 12.1. The van der Waals surface area contributed by atoms with Crippen LogP contribution >= 0.6 is 0 Å². The fourth-order valence-electron chi connectivity index (χ4n) is 2.22. The molecule has 3 N–H and O–H groups in total. The van der Waals surface area contributed by atoms with Crippen molar-refractivity contribution < 1.29 is 13.5 Å². The Bertz CT molecular complexity index is 513. The predicted octanol–water partition coefficient (Wildman–Crippen LogP) is -0.0144. The number of nitrogens with two attached hydrogens (primary N) is 1. The van der Waals surface area contributed by atoms with Crippen LogP contribution in [0.25, 0.3) is 0 Å². The number of aliphatic hydroxyl groups is 1. The van der Waals surface area contributed by atoms with E-state index in [9.17, 15) is 13.5 Å². The summed E-state index contributed by atoms with van der Waals surface area (Å²) in [7, 11) is -3.25. The number of sulfone groups is 1. The molecular formula is C13H20N2O3S. The Kier molecular flexibility index (Phi) is 4.57. The van der Waals surface area contributed by atoms with Gasteiger partial charge in [-0.25, -0.2) is 8.42 Å². The van der Waals surface area contributed by atoms with Crippen LogP contribution < -0.4 is 5.73 Å². The van der Waals surface area contributed by atoms with E-state index >= 15 is 0 Å². The molecule has 1 aliphatic heterocycles. The van der Waals surface area contributed by atoms with Crippen molar-refractivity contribution in [2.75, 3.05) is 25.4 Å². The number of likely N-dealkylation sites (tertiary alicyclic amines) is 1. The van der Waals surface area contributed by atoms with Crippen molar-refractivity contribution in [1.82, 2.24) is 4.90 Å². The summed E-state index contributed by atoms with van der Waals surface area (Å²) >= 11 is 0. The van der Waals surface area contributed by atoms with Crippen LogP contribution in [0, 0.1) is 0 Å². The first-order valence-corrected chi connectivity index (χ1v) is 8.08. The molecule has 106 valence electrons. The Morgan fingerprint density at radius 3 is 2.53 bits per heavy atom. The molecule has 0 amide bonds. The molecule has 19 heavy (non-hydrogen) atoms. The van der Waals surface area contributed by atoms with E-state index in [4.69, 9.17) is 5.73 Å². The first kappa shape index (κ1) is 14.5. The van der Waals surface area contributed by atoms with Gasteiger partial charge in [-0.05, 0) is 24.1 Å². The number of nitrogens with zero attached hydrogens (tertiary/aromatic N) is 1. The van der Waals surface area contributed by atoms with Crippen molar-refractivity contribution in [2.24, 2.45) is 5.73 Å². The second kappa shape index (κ2) is 6.00. The van der Waals surface area contributed by atoms with Gasteiger partial charge in [-0.3, -0.25) is 4.90 Å².